The molecule has 0 spiro atoms. The van der Waals surface area contributed by atoms with Gasteiger partial charge in [0.15, 0.2) is 0 Å². The van der Waals surface area contributed by atoms with Crippen molar-refractivity contribution in [3.63, 3.8) is 0 Å². The fourth-order valence-electron chi connectivity index (χ4n) is 2.60. The highest BCUT2D eigenvalue weighted by molar-refractivity contribution is 6.42. The van der Waals surface area contributed by atoms with Crippen molar-refractivity contribution in [2.45, 2.75) is 12.3 Å². The number of hydrogen-bond donors (Lipinski definition) is 1. The molecular weight excluding hydrogens is 339 g/mol. The van der Waals surface area contributed by atoms with E-state index in [1.807, 2.05) is 31.1 Å². The number of rotatable bonds is 7. The summed E-state index contributed by atoms with van der Waals surface area (Å²) in [7, 11) is 3.77. The summed E-state index contributed by atoms with van der Waals surface area (Å²) in [6.07, 6.45) is 0.678. The Morgan fingerprint density at radius 1 is 1.26 bits per heavy atom. The fourth-order valence-corrected chi connectivity index (χ4v) is 3.05. The van der Waals surface area contributed by atoms with Gasteiger partial charge in [0.1, 0.15) is 6.54 Å². The van der Waals surface area contributed by atoms with Gasteiger partial charge in [-0.05, 0) is 38.1 Å². The molecule has 1 amide bonds. The van der Waals surface area contributed by atoms with Gasteiger partial charge in [-0.1, -0.05) is 35.3 Å². The zero-order valence-corrected chi connectivity index (χ0v) is 14.6. The highest BCUT2D eigenvalue weighted by Crippen LogP contribution is 2.51. The van der Waals surface area contributed by atoms with Gasteiger partial charge in [-0.2, -0.15) is 0 Å². The van der Waals surface area contributed by atoms with Crippen molar-refractivity contribution >= 4 is 35.1 Å². The van der Waals surface area contributed by atoms with Gasteiger partial charge in [0.2, 0.25) is 5.91 Å². The standard InChI is InChI=1S/C16H20Cl2N2O3/c1-19(2)6-7-20(9-14(21)22)16(23)12-8-11(12)10-4-3-5-13(17)15(10)18/h3-5,11-12H,6-9H2,1-2H3,(H,21,22)/t11-,12-/m1/s1. The lowest BCUT2D eigenvalue weighted by Gasteiger charge is -2.23. The van der Waals surface area contributed by atoms with Crippen LogP contribution in [0, 0.1) is 5.92 Å². The molecule has 0 bridgehead atoms. The molecular formula is C16H20Cl2N2O3. The number of likely N-dealkylation sites (N-methyl/N-ethyl adjacent to an activating group) is 1. The Labute approximate surface area is 145 Å². The summed E-state index contributed by atoms with van der Waals surface area (Å²) in [5.41, 5.74) is 0.861. The van der Waals surface area contributed by atoms with Crippen LogP contribution in [0.2, 0.25) is 10.0 Å². The molecule has 7 heteroatoms. The number of carboxylic acids is 1. The Morgan fingerprint density at radius 3 is 2.57 bits per heavy atom. The topological polar surface area (TPSA) is 60.9 Å². The second kappa shape index (κ2) is 7.51. The van der Waals surface area contributed by atoms with E-state index in [0.29, 0.717) is 29.6 Å². The summed E-state index contributed by atoms with van der Waals surface area (Å²) in [5.74, 6) is -1.33. The van der Waals surface area contributed by atoms with Crippen molar-refractivity contribution in [1.29, 1.82) is 0 Å². The van der Waals surface area contributed by atoms with E-state index in [1.54, 1.807) is 6.07 Å². The van der Waals surface area contributed by atoms with Gasteiger partial charge in [0.05, 0.1) is 10.0 Å². The third-order valence-corrected chi connectivity index (χ3v) is 4.78. The first-order valence-corrected chi connectivity index (χ1v) is 8.16. The third-order valence-electron chi connectivity index (χ3n) is 3.94. The van der Waals surface area contributed by atoms with Crippen molar-refractivity contribution in [2.75, 3.05) is 33.7 Å². The number of hydrogen-bond acceptors (Lipinski definition) is 3. The Kier molecular flexibility index (Phi) is 5.89. The summed E-state index contributed by atoms with van der Waals surface area (Å²) < 4.78 is 0. The van der Waals surface area contributed by atoms with E-state index in [9.17, 15) is 9.59 Å². The van der Waals surface area contributed by atoms with Crippen LogP contribution in [-0.4, -0.2) is 60.5 Å². The molecule has 23 heavy (non-hydrogen) atoms. The first kappa shape index (κ1) is 18.0. The summed E-state index contributed by atoms with van der Waals surface area (Å²) in [4.78, 5) is 26.9. The maximum absolute atomic E-state index is 12.6. The molecule has 2 atom stereocenters. The molecule has 1 aliphatic rings. The van der Waals surface area contributed by atoms with E-state index in [4.69, 9.17) is 28.3 Å². The number of halogens is 2. The average Bonchev–Trinajstić information content (AvgIpc) is 3.25. The Balaban J connectivity index is 2.06. The number of carboxylic acid groups (broad SMARTS) is 1. The van der Waals surface area contributed by atoms with Crippen LogP contribution in [0.3, 0.4) is 0 Å². The lowest BCUT2D eigenvalue weighted by atomic mass is 10.1. The molecule has 2 rings (SSSR count). The average molecular weight is 359 g/mol. The van der Waals surface area contributed by atoms with Gasteiger partial charge in [0, 0.05) is 19.0 Å². The second-order valence-corrected chi connectivity index (χ2v) is 6.83. The lowest BCUT2D eigenvalue weighted by molar-refractivity contribution is -0.145. The van der Waals surface area contributed by atoms with Crippen LogP contribution in [0.4, 0.5) is 0 Å². The quantitative estimate of drug-likeness (QED) is 0.813. The largest absolute Gasteiger partial charge is 0.480 e. The van der Waals surface area contributed by atoms with Crippen LogP contribution in [0.15, 0.2) is 18.2 Å². The fraction of sp³-hybridized carbons (Fsp3) is 0.500. The molecule has 1 N–H and O–H groups in total. The minimum atomic E-state index is -1.00. The van der Waals surface area contributed by atoms with Crippen molar-refractivity contribution in [3.8, 4) is 0 Å². The molecule has 0 unspecified atom stereocenters. The molecule has 0 heterocycles. The molecule has 126 valence electrons. The van der Waals surface area contributed by atoms with E-state index in [1.165, 1.54) is 4.90 Å². The van der Waals surface area contributed by atoms with Gasteiger partial charge in [0.25, 0.3) is 0 Å². The number of nitrogens with zero attached hydrogens (tertiary/aromatic N) is 2. The molecule has 0 radical (unpaired) electrons. The third kappa shape index (κ3) is 4.59. The molecule has 1 saturated carbocycles. The predicted octanol–water partition coefficient (Wildman–Crippen LogP) is 2.57. The number of carbonyl (C=O) groups is 2. The number of aliphatic carboxylic acids is 1. The molecule has 1 aromatic carbocycles. The molecule has 0 saturated heterocycles. The first-order valence-electron chi connectivity index (χ1n) is 7.40. The van der Waals surface area contributed by atoms with Gasteiger partial charge in [-0.15, -0.1) is 0 Å². The number of amides is 1. The zero-order valence-electron chi connectivity index (χ0n) is 13.1. The molecule has 0 aliphatic heterocycles. The molecule has 1 aliphatic carbocycles. The van der Waals surface area contributed by atoms with E-state index in [0.717, 1.165) is 5.56 Å². The summed E-state index contributed by atoms with van der Waals surface area (Å²) >= 11 is 12.2. The zero-order chi connectivity index (χ0) is 17.1. The summed E-state index contributed by atoms with van der Waals surface area (Å²) in [6.45, 7) is 0.734. The van der Waals surface area contributed by atoms with Gasteiger partial charge < -0.3 is 14.9 Å². The summed E-state index contributed by atoms with van der Waals surface area (Å²) in [6, 6.07) is 5.39. The minimum Gasteiger partial charge on any atom is -0.480 e. The van der Waals surface area contributed by atoms with Crippen molar-refractivity contribution in [2.24, 2.45) is 5.92 Å². The van der Waals surface area contributed by atoms with E-state index >= 15 is 0 Å². The predicted molar refractivity (Wildman–Crippen MR) is 90.1 cm³/mol. The van der Waals surface area contributed by atoms with Crippen LogP contribution >= 0.6 is 23.2 Å². The van der Waals surface area contributed by atoms with E-state index in [-0.39, 0.29) is 24.3 Å². The van der Waals surface area contributed by atoms with Gasteiger partial charge in [-0.3, -0.25) is 9.59 Å². The van der Waals surface area contributed by atoms with Crippen LogP contribution < -0.4 is 0 Å². The summed E-state index contributed by atoms with van der Waals surface area (Å²) in [5, 5.41) is 9.97. The second-order valence-electron chi connectivity index (χ2n) is 6.05. The van der Waals surface area contributed by atoms with E-state index in [2.05, 4.69) is 0 Å². The van der Waals surface area contributed by atoms with Crippen molar-refractivity contribution in [3.05, 3.63) is 33.8 Å². The van der Waals surface area contributed by atoms with E-state index < -0.39 is 5.97 Å². The van der Waals surface area contributed by atoms with Crippen LogP contribution in [-0.2, 0) is 9.59 Å². The molecule has 1 aromatic rings. The Bertz CT molecular complexity index is 607. The van der Waals surface area contributed by atoms with Crippen LogP contribution in [0.5, 0.6) is 0 Å². The Hall–Kier alpha value is -1.30. The van der Waals surface area contributed by atoms with Gasteiger partial charge >= 0.3 is 5.97 Å². The van der Waals surface area contributed by atoms with Gasteiger partial charge in [-0.25, -0.2) is 0 Å². The van der Waals surface area contributed by atoms with Crippen LogP contribution in [0.1, 0.15) is 17.9 Å². The SMILES string of the molecule is CN(C)CCN(CC(=O)O)C(=O)[C@@H]1C[C@@H]1c1cccc(Cl)c1Cl. The van der Waals surface area contributed by atoms with Crippen molar-refractivity contribution < 1.29 is 14.7 Å². The minimum absolute atomic E-state index is 0.0179. The smallest absolute Gasteiger partial charge is 0.323 e. The molecule has 0 aromatic heterocycles. The number of carbonyl (C=O) groups excluding carboxylic acids is 1. The number of benzene rings is 1. The maximum Gasteiger partial charge on any atom is 0.323 e. The molecule has 5 nitrogen and oxygen atoms in total. The highest BCUT2D eigenvalue weighted by Gasteiger charge is 2.46. The lowest BCUT2D eigenvalue weighted by Crippen LogP contribution is -2.41. The normalized spacial score (nSPS) is 19.7. The first-order chi connectivity index (χ1) is 10.8. The Morgan fingerprint density at radius 2 is 1.96 bits per heavy atom. The van der Waals surface area contributed by atoms with Crippen LogP contribution in [0.25, 0.3) is 0 Å². The maximum atomic E-state index is 12.6. The highest BCUT2D eigenvalue weighted by atomic mass is 35.5. The molecule has 1 fully saturated rings. The monoisotopic (exact) mass is 358 g/mol. The van der Waals surface area contributed by atoms with Crippen molar-refractivity contribution in [1.82, 2.24) is 9.80 Å².